The smallest absolute Gasteiger partial charge is 0.231 e. The molecule has 7 rings (SSSR count). The highest BCUT2D eigenvalue weighted by molar-refractivity contribution is 7.20. The number of hydrogen-bond acceptors (Lipinski definition) is 1. The van der Waals surface area contributed by atoms with Gasteiger partial charge in [-0.15, -0.1) is 0 Å². The van der Waals surface area contributed by atoms with Gasteiger partial charge in [-0.2, -0.15) is 127 Å². The fourth-order valence-electron chi connectivity index (χ4n) is 7.89. The van der Waals surface area contributed by atoms with Gasteiger partial charge in [-0.3, -0.25) is 0 Å². The summed E-state index contributed by atoms with van der Waals surface area (Å²) < 4.78 is 342. The van der Waals surface area contributed by atoms with Gasteiger partial charge in [-0.25, -0.2) is 4.84 Å². The van der Waals surface area contributed by atoms with Crippen molar-refractivity contribution >= 4 is 50.4 Å². The average Bonchev–Trinajstić information content (AvgIpc) is 3.27. The Balaban J connectivity index is 0.000000421. The van der Waals surface area contributed by atoms with E-state index in [0.29, 0.717) is 10.8 Å². The second-order valence-corrected chi connectivity index (χ2v) is 16.6. The number of benzene rings is 6. The summed E-state index contributed by atoms with van der Waals surface area (Å²) in [5, 5.41) is 2.97. The average molecular weight is 1120 g/mol. The van der Waals surface area contributed by atoms with Crippen LogP contribution in [0, 0.1) is 0 Å². The summed E-state index contributed by atoms with van der Waals surface area (Å²) in [5.74, 6) is 0.711. The lowest BCUT2D eigenvalue weighted by Gasteiger charge is -2.46. The van der Waals surface area contributed by atoms with Crippen molar-refractivity contribution in [1.82, 2.24) is 0 Å². The van der Waals surface area contributed by atoms with Crippen LogP contribution in [-0.4, -0.2) is 6.15 Å². The third-order valence-corrected chi connectivity index (χ3v) is 11.3. The van der Waals surface area contributed by atoms with Gasteiger partial charge >= 0.3 is 49.4 Å². The molecule has 0 aliphatic carbocycles. The molecule has 0 unspecified atom stereocenters. The quantitative estimate of drug-likeness (QED) is 0.0919. The molecule has 0 fully saturated rings. The summed E-state index contributed by atoms with van der Waals surface area (Å²) >= 11 is 5.92. The zero-order valence-corrected chi connectivity index (χ0v) is 36.9. The molecule has 0 spiro atoms. The van der Waals surface area contributed by atoms with Crippen LogP contribution in [0.5, 0.6) is 5.75 Å². The number of hydrogen-bond donors (Lipinski definition) is 0. The van der Waals surface area contributed by atoms with Crippen LogP contribution in [0.1, 0.15) is 44.5 Å². The topological polar surface area (TPSA) is 13.1 Å². The molecule has 0 bridgehead atoms. The van der Waals surface area contributed by atoms with Gasteiger partial charge in [0.2, 0.25) is 18.1 Å². The van der Waals surface area contributed by atoms with E-state index < -0.39 is 195 Å². The number of halogens is 25. The molecule has 75 heavy (non-hydrogen) atoms. The minimum absolute atomic E-state index is 0.661. The summed E-state index contributed by atoms with van der Waals surface area (Å²) in [6.45, 7) is 0. The maximum absolute atomic E-state index is 14.2. The summed E-state index contributed by atoms with van der Waals surface area (Å²) in [4.78, 5) is 5.70. The highest BCUT2D eigenvalue weighted by Gasteiger charge is 2.47. The van der Waals surface area contributed by atoms with Crippen molar-refractivity contribution < 1.29 is 115 Å². The van der Waals surface area contributed by atoms with Crippen molar-refractivity contribution in [3.8, 4) is 5.75 Å². The van der Waals surface area contributed by atoms with Gasteiger partial charge in [0.05, 0.1) is 49.9 Å². The molecule has 0 saturated carbocycles. The Morgan fingerprint density at radius 1 is 0.320 bits per heavy atom. The zero-order chi connectivity index (χ0) is 56.3. The van der Waals surface area contributed by atoms with E-state index in [-0.39, 0.29) is 0 Å². The van der Waals surface area contributed by atoms with Gasteiger partial charge in [0.25, 0.3) is 0 Å². The minimum Gasteiger partial charge on any atom is -0.231 e. The van der Waals surface area contributed by atoms with E-state index in [1.54, 1.807) is 10.8 Å². The summed E-state index contributed by atoms with van der Waals surface area (Å²) in [6.07, 6.45) is -51.0. The van der Waals surface area contributed by atoms with E-state index in [4.69, 9.17) is 16.4 Å². The van der Waals surface area contributed by atoms with Crippen LogP contribution in [0.3, 0.4) is 0 Å². The highest BCUT2D eigenvalue weighted by Crippen LogP contribution is 2.41. The molecule has 0 atom stereocenters. The maximum Gasteiger partial charge on any atom is 0.416 e. The summed E-state index contributed by atoms with van der Waals surface area (Å²) in [7, 11) is 0. The molecule has 1 aromatic heterocycles. The second kappa shape index (κ2) is 19.7. The molecule has 0 N–H and O–H groups in total. The Hall–Kier alpha value is -6.80. The Kier molecular flexibility index (Phi) is 15.1. The summed E-state index contributed by atoms with van der Waals surface area (Å²) in [6, 6.07) is 8.68. The van der Waals surface area contributed by atoms with Gasteiger partial charge in [0.15, 0.2) is 0 Å². The lowest BCUT2D eigenvalue weighted by atomic mass is 9.12. The van der Waals surface area contributed by atoms with Crippen LogP contribution in [0.25, 0.3) is 10.8 Å². The van der Waals surface area contributed by atoms with E-state index >= 15 is 0 Å². The zero-order valence-electron chi connectivity index (χ0n) is 36.2. The van der Waals surface area contributed by atoms with Gasteiger partial charge in [-0.1, -0.05) is 84.4 Å². The van der Waals surface area contributed by atoms with Crippen LogP contribution in [0.2, 0.25) is 5.02 Å². The third kappa shape index (κ3) is 13.2. The van der Waals surface area contributed by atoms with Crippen molar-refractivity contribution in [1.29, 1.82) is 0 Å². The minimum atomic E-state index is -6.13. The van der Waals surface area contributed by atoms with Crippen molar-refractivity contribution in [2.45, 2.75) is 49.4 Å². The van der Waals surface area contributed by atoms with Crippen LogP contribution in [0.4, 0.5) is 105 Å². The molecule has 0 aliphatic rings. The Bertz CT molecular complexity index is 2780. The maximum atomic E-state index is 14.2. The second-order valence-electron chi connectivity index (χ2n) is 16.2. The van der Waals surface area contributed by atoms with E-state index in [1.807, 2.05) is 54.9 Å². The lowest BCUT2D eigenvalue weighted by Crippen LogP contribution is -2.75. The molecular formula is C47H23BClF24NO. The number of rotatable bonds is 6. The molecule has 0 amide bonds. The Labute approximate surface area is 409 Å². The van der Waals surface area contributed by atoms with Gasteiger partial charge in [0.1, 0.15) is 6.15 Å². The lowest BCUT2D eigenvalue weighted by molar-refractivity contribution is -0.874. The van der Waals surface area contributed by atoms with Crippen molar-refractivity contribution in [3.05, 3.63) is 189 Å². The first-order chi connectivity index (χ1) is 34.1. The molecule has 0 aliphatic heterocycles. The monoisotopic (exact) mass is 1120 g/mol. The van der Waals surface area contributed by atoms with E-state index in [0.717, 1.165) is 5.39 Å². The largest absolute Gasteiger partial charge is 0.416 e. The van der Waals surface area contributed by atoms with Crippen LogP contribution in [0.15, 0.2) is 140 Å². The van der Waals surface area contributed by atoms with Crippen LogP contribution in [-0.2, 0) is 49.4 Å². The molecule has 28 heteroatoms. The van der Waals surface area contributed by atoms with Gasteiger partial charge in [-0.05, 0) is 47.9 Å². The van der Waals surface area contributed by atoms with Crippen molar-refractivity contribution in [2.24, 2.45) is 0 Å². The first-order valence-corrected chi connectivity index (χ1v) is 20.6. The van der Waals surface area contributed by atoms with Crippen LogP contribution < -0.4 is 31.4 Å². The number of aromatic nitrogens is 1. The number of alkyl halides is 24. The highest BCUT2D eigenvalue weighted by atomic mass is 35.5. The molecular weight excluding hydrogens is 1100 g/mol. The Morgan fingerprint density at radius 3 is 0.867 bits per heavy atom. The van der Waals surface area contributed by atoms with Gasteiger partial charge < -0.3 is 0 Å². The number of pyridine rings is 1. The first-order valence-electron chi connectivity index (χ1n) is 20.3. The fourth-order valence-corrected chi connectivity index (χ4v) is 8.07. The number of nitrogens with zero attached hydrogens (tertiary/aromatic N) is 1. The fraction of sp³-hybridized carbons (Fsp3) is 0.170. The molecule has 0 radical (unpaired) electrons. The summed E-state index contributed by atoms with van der Waals surface area (Å²) in [5.41, 5.74) is -30.2. The first kappa shape index (κ1) is 57.5. The predicted molar refractivity (Wildman–Crippen MR) is 222 cm³/mol. The normalized spacial score (nSPS) is 13.4. The van der Waals surface area contributed by atoms with E-state index in [1.165, 1.54) is 5.39 Å². The van der Waals surface area contributed by atoms with E-state index in [9.17, 15) is 105 Å². The van der Waals surface area contributed by atoms with Crippen LogP contribution >= 0.6 is 11.6 Å². The van der Waals surface area contributed by atoms with Crippen molar-refractivity contribution in [3.63, 3.8) is 0 Å². The molecule has 400 valence electrons. The molecule has 1 heterocycles. The number of fused-ring (bicyclic) bond motifs is 1. The molecule has 0 saturated heterocycles. The predicted octanol–water partition coefficient (Wildman–Crippen LogP) is 14.8. The van der Waals surface area contributed by atoms with E-state index in [2.05, 4.69) is 6.07 Å². The van der Waals surface area contributed by atoms with Gasteiger partial charge in [0, 0.05) is 21.9 Å². The standard InChI is InChI=1S/C32H12BF24.C15H11ClNO/c34-25(35,36)13-1-14(26(37,38)39)6-21(5-13)33(22-7-15(27(40,41)42)2-16(8-22)28(43,44)45,23-9-17(29(46,47)48)3-18(10-23)30(49,50)51)24-11-19(31(52,53)54)4-20(12-24)32(55,56)57;16-14-6-3-7-15(10-14)18-17-9-8-12-4-1-2-5-13(12)11-17/h1-12H;1-11H/q-1;+1. The molecule has 6 aromatic carbocycles. The SMILES string of the molecule is Clc1cccc(O[n+]2ccc3ccccc3c2)c1.FC(F)(F)c1cc([B-](c2cc(C(F)(F)F)cc(C(F)(F)F)c2)(c2cc(C(F)(F)F)cc(C(F)(F)F)c2)c2cc(C(F)(F)F)cc(C(F)(F)F)c2)cc(C(F)(F)F)c1. The molecule has 7 aromatic rings. The molecule has 2 nitrogen and oxygen atoms in total. The Morgan fingerprint density at radius 2 is 0.600 bits per heavy atom. The third-order valence-electron chi connectivity index (χ3n) is 11.1. The van der Waals surface area contributed by atoms with Crippen molar-refractivity contribution in [2.75, 3.05) is 0 Å².